The van der Waals surface area contributed by atoms with Gasteiger partial charge in [0.1, 0.15) is 18.3 Å². The Morgan fingerprint density at radius 3 is 2.12 bits per heavy atom. The van der Waals surface area contributed by atoms with Gasteiger partial charge >= 0.3 is 0 Å². The van der Waals surface area contributed by atoms with Gasteiger partial charge in [-0.25, -0.2) is 0 Å². The fourth-order valence-electron chi connectivity index (χ4n) is 5.37. The molecule has 2 aromatic carbocycles. The van der Waals surface area contributed by atoms with Gasteiger partial charge in [-0.2, -0.15) is 0 Å². The van der Waals surface area contributed by atoms with Gasteiger partial charge in [-0.15, -0.1) is 6.58 Å². The van der Waals surface area contributed by atoms with Crippen molar-refractivity contribution < 1.29 is 28.4 Å². The molecule has 40 heavy (non-hydrogen) atoms. The Labute approximate surface area is 255 Å². The lowest BCUT2D eigenvalue weighted by molar-refractivity contribution is -0.311. The zero-order valence-corrected chi connectivity index (χ0v) is 26.4. The van der Waals surface area contributed by atoms with Crippen LogP contribution in [0.4, 0.5) is 0 Å². The second kappa shape index (κ2) is 16.3. The number of benzene rings is 2. The Morgan fingerprint density at radius 1 is 0.925 bits per heavy atom. The van der Waals surface area contributed by atoms with E-state index in [1.165, 1.54) is 0 Å². The van der Waals surface area contributed by atoms with Gasteiger partial charge < -0.3 is 28.4 Å². The average Bonchev–Trinajstić information content (AvgIpc) is 2.95. The summed E-state index contributed by atoms with van der Waals surface area (Å²) >= 11 is 6.97. The van der Waals surface area contributed by atoms with E-state index in [1.54, 1.807) is 0 Å². The van der Waals surface area contributed by atoms with Crippen molar-refractivity contribution >= 4 is 31.9 Å². The van der Waals surface area contributed by atoms with Crippen LogP contribution in [0.3, 0.4) is 0 Å². The number of ether oxygens (including phenoxy) is 6. The minimum Gasteiger partial charge on any atom is -0.369 e. The molecule has 218 valence electrons. The lowest BCUT2D eigenvalue weighted by atomic mass is 9.86. The summed E-state index contributed by atoms with van der Waals surface area (Å²) in [7, 11) is 0. The van der Waals surface area contributed by atoms with Gasteiger partial charge in [0.25, 0.3) is 0 Å². The van der Waals surface area contributed by atoms with E-state index in [4.69, 9.17) is 28.4 Å². The SMILES string of the molecule is C=CC[C@@H]1O[C@@H]2C[C@H](OC(C)OCC)[C@@H](CC=C(Br)Br)O[C@H]2[C@H](OCc2ccccc2)[C@H]1OCc1ccccc1. The predicted molar refractivity (Wildman–Crippen MR) is 163 cm³/mol. The van der Waals surface area contributed by atoms with Gasteiger partial charge in [0.05, 0.1) is 41.0 Å². The van der Waals surface area contributed by atoms with Gasteiger partial charge in [-0.05, 0) is 69.7 Å². The fourth-order valence-corrected chi connectivity index (χ4v) is 5.74. The van der Waals surface area contributed by atoms with E-state index in [0.717, 1.165) is 14.5 Å². The maximum atomic E-state index is 6.82. The zero-order valence-electron chi connectivity index (χ0n) is 23.2. The van der Waals surface area contributed by atoms with Crippen molar-refractivity contribution in [1.82, 2.24) is 0 Å². The van der Waals surface area contributed by atoms with E-state index < -0.39 is 0 Å². The molecule has 2 aromatic rings. The van der Waals surface area contributed by atoms with Crippen LogP contribution in [0.2, 0.25) is 0 Å². The lowest BCUT2D eigenvalue weighted by Gasteiger charge is -2.51. The first kappa shape index (κ1) is 31.6. The van der Waals surface area contributed by atoms with Crippen LogP contribution >= 0.6 is 31.9 Å². The molecule has 6 nitrogen and oxygen atoms in total. The van der Waals surface area contributed by atoms with Gasteiger partial charge in [0, 0.05) is 13.0 Å². The highest BCUT2D eigenvalue weighted by atomic mass is 79.9. The molecule has 2 aliphatic heterocycles. The molecule has 8 atom stereocenters. The molecular weight excluding hydrogens is 640 g/mol. The van der Waals surface area contributed by atoms with Gasteiger partial charge in [-0.3, -0.25) is 0 Å². The summed E-state index contributed by atoms with van der Waals surface area (Å²) in [5.41, 5.74) is 2.19. The summed E-state index contributed by atoms with van der Waals surface area (Å²) in [6.45, 7) is 9.35. The molecule has 0 aromatic heterocycles. The minimum absolute atomic E-state index is 0.209. The number of rotatable bonds is 14. The summed E-state index contributed by atoms with van der Waals surface area (Å²) in [5, 5.41) is 0. The highest BCUT2D eigenvalue weighted by molar-refractivity contribution is 9.28. The third kappa shape index (κ3) is 9.07. The van der Waals surface area contributed by atoms with Crippen molar-refractivity contribution in [2.24, 2.45) is 0 Å². The summed E-state index contributed by atoms with van der Waals surface area (Å²) in [4.78, 5) is 0. The van der Waals surface area contributed by atoms with Crippen LogP contribution in [0, 0.1) is 0 Å². The van der Waals surface area contributed by atoms with Crippen LogP contribution in [-0.4, -0.2) is 55.6 Å². The largest absolute Gasteiger partial charge is 0.369 e. The molecule has 0 spiro atoms. The molecule has 2 heterocycles. The zero-order chi connectivity index (χ0) is 28.3. The van der Waals surface area contributed by atoms with E-state index >= 15 is 0 Å². The maximum Gasteiger partial charge on any atom is 0.155 e. The van der Waals surface area contributed by atoms with Crippen LogP contribution in [0.15, 0.2) is 82.8 Å². The smallest absolute Gasteiger partial charge is 0.155 e. The van der Waals surface area contributed by atoms with Gasteiger partial charge in [0.2, 0.25) is 0 Å². The van der Waals surface area contributed by atoms with E-state index in [0.29, 0.717) is 39.1 Å². The van der Waals surface area contributed by atoms with Crippen molar-refractivity contribution in [2.75, 3.05) is 6.61 Å². The number of hydrogen-bond acceptors (Lipinski definition) is 6. The molecule has 4 rings (SSSR count). The second-order valence-corrected chi connectivity index (χ2v) is 12.8. The van der Waals surface area contributed by atoms with Crippen LogP contribution in [0.5, 0.6) is 0 Å². The van der Waals surface area contributed by atoms with Crippen molar-refractivity contribution in [3.8, 4) is 0 Å². The summed E-state index contributed by atoms with van der Waals surface area (Å²) < 4.78 is 39.7. The van der Waals surface area contributed by atoms with E-state index in [2.05, 4.69) is 62.7 Å². The highest BCUT2D eigenvalue weighted by Crippen LogP contribution is 2.39. The highest BCUT2D eigenvalue weighted by Gasteiger charge is 2.52. The summed E-state index contributed by atoms with van der Waals surface area (Å²) in [5.74, 6) is 0. The van der Waals surface area contributed by atoms with E-state index in [9.17, 15) is 0 Å². The van der Waals surface area contributed by atoms with Crippen LogP contribution in [0.25, 0.3) is 0 Å². The summed E-state index contributed by atoms with van der Waals surface area (Å²) in [6, 6.07) is 20.4. The lowest BCUT2D eigenvalue weighted by Crippen LogP contribution is -2.64. The number of halogens is 2. The van der Waals surface area contributed by atoms with Crippen molar-refractivity contribution in [3.63, 3.8) is 0 Å². The molecule has 0 aliphatic carbocycles. The van der Waals surface area contributed by atoms with Crippen molar-refractivity contribution in [1.29, 1.82) is 0 Å². The predicted octanol–water partition coefficient (Wildman–Crippen LogP) is 7.45. The topological polar surface area (TPSA) is 55.4 Å². The van der Waals surface area contributed by atoms with Crippen molar-refractivity contribution in [3.05, 3.63) is 93.9 Å². The Morgan fingerprint density at radius 2 is 1.55 bits per heavy atom. The first-order valence-corrected chi connectivity index (χ1v) is 15.6. The molecule has 0 bridgehead atoms. The Kier molecular flexibility index (Phi) is 12.9. The standard InChI is InChI=1S/C32H40Br2O6/c1-4-12-26-30(36-20-23-13-8-6-9-14-23)32(37-21-24-15-10-7-11-16-24)31-28(39-26)19-27(38-22(3)35-5-2)25(40-31)17-18-29(33)34/h4,6-11,13-16,18,22,25-28,30-32H,1,5,12,17,19-21H2,2-3H3/t22?,25-,26+,27+,28-,30+,31-,32-/m1/s1. The molecule has 2 fully saturated rings. The van der Waals surface area contributed by atoms with Crippen molar-refractivity contribution in [2.45, 2.75) is 95.3 Å². The second-order valence-electron chi connectivity index (χ2n) is 10.1. The van der Waals surface area contributed by atoms with Crippen LogP contribution < -0.4 is 0 Å². The quantitative estimate of drug-likeness (QED) is 0.153. The van der Waals surface area contributed by atoms with Crippen LogP contribution in [-0.2, 0) is 41.6 Å². The molecule has 8 heteroatoms. The monoisotopic (exact) mass is 678 g/mol. The third-order valence-corrected chi connectivity index (χ3v) is 7.83. The average molecular weight is 680 g/mol. The van der Waals surface area contributed by atoms with E-state index in [1.807, 2.05) is 62.4 Å². The Hall–Kier alpha value is -1.36. The van der Waals surface area contributed by atoms with Gasteiger partial charge in [-0.1, -0.05) is 72.8 Å². The Balaban J connectivity index is 1.61. The third-order valence-electron chi connectivity index (χ3n) is 7.18. The molecule has 1 unspecified atom stereocenters. The molecule has 0 radical (unpaired) electrons. The van der Waals surface area contributed by atoms with Crippen LogP contribution in [0.1, 0.15) is 44.2 Å². The fraction of sp³-hybridized carbons (Fsp3) is 0.500. The molecule has 0 N–H and O–H groups in total. The molecule has 0 amide bonds. The molecule has 2 aliphatic rings. The first-order valence-electron chi connectivity index (χ1n) is 14.0. The van der Waals surface area contributed by atoms with E-state index in [-0.39, 0.29) is 49.0 Å². The molecular formula is C32H40Br2O6. The Bertz CT molecular complexity index is 1050. The molecule has 2 saturated heterocycles. The number of hydrogen-bond donors (Lipinski definition) is 0. The first-order chi connectivity index (χ1) is 19.5. The molecule has 0 saturated carbocycles. The maximum absolute atomic E-state index is 6.82. The van der Waals surface area contributed by atoms with Gasteiger partial charge in [0.15, 0.2) is 6.29 Å². The number of fused-ring (bicyclic) bond motifs is 1. The minimum atomic E-state index is -0.353. The normalized spacial score (nSPS) is 28.9. The summed E-state index contributed by atoms with van der Waals surface area (Å²) in [6.07, 6.45) is 3.60.